The van der Waals surface area contributed by atoms with E-state index in [1.807, 2.05) is 40.7 Å². The van der Waals surface area contributed by atoms with Gasteiger partial charge in [-0.25, -0.2) is 0 Å². The topological polar surface area (TPSA) is 32.7 Å². The first-order valence-electron chi connectivity index (χ1n) is 5.55. The molecule has 0 aromatic carbocycles. The Morgan fingerprint density at radius 1 is 1.20 bits per heavy atom. The standard InChI is InChI=1S/C12H23NO2/c1-6-7-15-10-8-11(2,3)13(14)12(4,5)9-10/h6-7,10,14H,8-9H2,1-5H3/b7-6+. The molecule has 1 heterocycles. The Morgan fingerprint density at radius 3 is 2.07 bits per heavy atom. The molecule has 1 saturated heterocycles. The van der Waals surface area contributed by atoms with Crippen molar-refractivity contribution in [1.29, 1.82) is 0 Å². The largest absolute Gasteiger partial charge is 0.498 e. The Balaban J connectivity index is 2.75. The van der Waals surface area contributed by atoms with Gasteiger partial charge in [-0.15, -0.1) is 0 Å². The van der Waals surface area contributed by atoms with Crippen molar-refractivity contribution in [1.82, 2.24) is 5.06 Å². The lowest BCUT2D eigenvalue weighted by molar-refractivity contribution is -0.257. The fourth-order valence-corrected chi connectivity index (χ4v) is 2.46. The minimum absolute atomic E-state index is 0.189. The number of hydrogen-bond donors (Lipinski definition) is 1. The fraction of sp³-hybridized carbons (Fsp3) is 0.833. The molecular weight excluding hydrogens is 190 g/mol. The first kappa shape index (κ1) is 12.5. The number of hydrogen-bond acceptors (Lipinski definition) is 3. The molecular formula is C12H23NO2. The van der Waals surface area contributed by atoms with Crippen LogP contribution >= 0.6 is 0 Å². The molecule has 0 saturated carbocycles. The summed E-state index contributed by atoms with van der Waals surface area (Å²) in [5, 5.41) is 11.5. The van der Waals surface area contributed by atoms with Gasteiger partial charge in [0, 0.05) is 23.9 Å². The van der Waals surface area contributed by atoms with E-state index in [9.17, 15) is 5.21 Å². The van der Waals surface area contributed by atoms with E-state index in [1.54, 1.807) is 6.26 Å². The summed E-state index contributed by atoms with van der Waals surface area (Å²) in [6.45, 7) is 10.1. The van der Waals surface area contributed by atoms with Gasteiger partial charge in [-0.05, 0) is 34.6 Å². The molecule has 3 heteroatoms. The first-order chi connectivity index (χ1) is 6.79. The lowest BCUT2D eigenvalue weighted by Gasteiger charge is -2.50. The van der Waals surface area contributed by atoms with E-state index < -0.39 is 0 Å². The molecule has 88 valence electrons. The van der Waals surface area contributed by atoms with Crippen LogP contribution in [0.5, 0.6) is 0 Å². The zero-order valence-corrected chi connectivity index (χ0v) is 10.4. The molecule has 1 N–H and O–H groups in total. The van der Waals surface area contributed by atoms with Crippen molar-refractivity contribution >= 4 is 0 Å². The molecule has 1 fully saturated rings. The van der Waals surface area contributed by atoms with E-state index in [4.69, 9.17) is 4.74 Å². The highest BCUT2D eigenvalue weighted by Gasteiger charge is 2.45. The van der Waals surface area contributed by atoms with Gasteiger partial charge in [0.2, 0.25) is 0 Å². The minimum Gasteiger partial charge on any atom is -0.498 e. The maximum Gasteiger partial charge on any atom is 0.101 e. The van der Waals surface area contributed by atoms with Gasteiger partial charge >= 0.3 is 0 Å². The third-order valence-corrected chi connectivity index (χ3v) is 3.01. The van der Waals surface area contributed by atoms with Crippen molar-refractivity contribution in [3.05, 3.63) is 12.3 Å². The summed E-state index contributed by atoms with van der Waals surface area (Å²) in [6, 6.07) is 0. The van der Waals surface area contributed by atoms with E-state index in [-0.39, 0.29) is 17.2 Å². The number of rotatable bonds is 2. The summed E-state index contributed by atoms with van der Waals surface area (Å²) in [5.41, 5.74) is -0.456. The Labute approximate surface area is 92.7 Å². The molecule has 1 aliphatic heterocycles. The smallest absolute Gasteiger partial charge is 0.101 e. The Kier molecular flexibility index (Phi) is 3.46. The molecule has 1 rings (SSSR count). The van der Waals surface area contributed by atoms with E-state index in [1.165, 1.54) is 5.06 Å². The molecule has 0 atom stereocenters. The lowest BCUT2D eigenvalue weighted by Crippen LogP contribution is -2.60. The Morgan fingerprint density at radius 2 is 1.67 bits per heavy atom. The molecule has 0 radical (unpaired) electrons. The second-order valence-electron chi connectivity index (χ2n) is 5.57. The van der Waals surface area contributed by atoms with Gasteiger partial charge in [-0.1, -0.05) is 6.08 Å². The molecule has 0 bridgehead atoms. The zero-order chi connectivity index (χ0) is 11.7. The minimum atomic E-state index is -0.228. The summed E-state index contributed by atoms with van der Waals surface area (Å²) in [7, 11) is 0. The quantitative estimate of drug-likeness (QED) is 0.716. The summed E-state index contributed by atoms with van der Waals surface area (Å²) < 4.78 is 5.63. The lowest BCUT2D eigenvalue weighted by atomic mass is 9.80. The molecule has 0 spiro atoms. The van der Waals surface area contributed by atoms with E-state index in [0.29, 0.717) is 0 Å². The number of hydroxylamine groups is 2. The van der Waals surface area contributed by atoms with Crippen LogP contribution in [-0.2, 0) is 4.74 Å². The summed E-state index contributed by atoms with van der Waals surface area (Å²) in [4.78, 5) is 0. The van der Waals surface area contributed by atoms with Crippen LogP contribution in [0.2, 0.25) is 0 Å². The van der Waals surface area contributed by atoms with Crippen molar-refractivity contribution in [2.45, 2.75) is 64.6 Å². The van der Waals surface area contributed by atoms with E-state index >= 15 is 0 Å². The highest BCUT2D eigenvalue weighted by atomic mass is 16.5. The first-order valence-corrected chi connectivity index (χ1v) is 5.55. The Bertz CT molecular complexity index is 228. The van der Waals surface area contributed by atoms with Crippen LogP contribution in [0.25, 0.3) is 0 Å². The van der Waals surface area contributed by atoms with Crippen LogP contribution in [-0.4, -0.2) is 27.5 Å². The van der Waals surface area contributed by atoms with Crippen LogP contribution < -0.4 is 0 Å². The average Bonchev–Trinajstić information content (AvgIpc) is 2.10. The molecule has 0 aliphatic carbocycles. The number of ether oxygens (including phenoxy) is 1. The fourth-order valence-electron chi connectivity index (χ4n) is 2.46. The molecule has 0 amide bonds. The van der Waals surface area contributed by atoms with Crippen molar-refractivity contribution in [3.8, 4) is 0 Å². The highest BCUT2D eigenvalue weighted by molar-refractivity contribution is 4.97. The summed E-state index contributed by atoms with van der Waals surface area (Å²) in [5.74, 6) is 0. The number of allylic oxidation sites excluding steroid dienone is 1. The molecule has 0 aromatic rings. The maximum absolute atomic E-state index is 10.1. The van der Waals surface area contributed by atoms with Gasteiger partial charge in [0.05, 0.1) is 6.26 Å². The van der Waals surface area contributed by atoms with Gasteiger partial charge < -0.3 is 9.94 Å². The second kappa shape index (κ2) is 4.14. The second-order valence-corrected chi connectivity index (χ2v) is 5.57. The average molecular weight is 213 g/mol. The monoisotopic (exact) mass is 213 g/mol. The molecule has 0 aromatic heterocycles. The number of nitrogens with zero attached hydrogens (tertiary/aromatic N) is 1. The SMILES string of the molecule is C/C=C/OC1CC(C)(C)N(O)C(C)(C)C1. The number of piperidine rings is 1. The summed E-state index contributed by atoms with van der Waals surface area (Å²) >= 11 is 0. The molecule has 15 heavy (non-hydrogen) atoms. The normalized spacial score (nSPS) is 27.1. The third-order valence-electron chi connectivity index (χ3n) is 3.01. The van der Waals surface area contributed by atoms with Crippen LogP contribution in [0.1, 0.15) is 47.5 Å². The van der Waals surface area contributed by atoms with Gasteiger partial charge in [0.15, 0.2) is 0 Å². The van der Waals surface area contributed by atoms with Gasteiger partial charge in [0.1, 0.15) is 6.10 Å². The molecule has 0 unspecified atom stereocenters. The predicted molar refractivity (Wildman–Crippen MR) is 60.7 cm³/mol. The maximum atomic E-state index is 10.1. The van der Waals surface area contributed by atoms with Gasteiger partial charge in [-0.3, -0.25) is 0 Å². The van der Waals surface area contributed by atoms with Crippen LogP contribution in [0, 0.1) is 0 Å². The van der Waals surface area contributed by atoms with Gasteiger partial charge in [-0.2, -0.15) is 5.06 Å². The highest BCUT2D eigenvalue weighted by Crippen LogP contribution is 2.37. The van der Waals surface area contributed by atoms with E-state index in [2.05, 4.69) is 0 Å². The predicted octanol–water partition coefficient (Wildman–Crippen LogP) is 2.95. The van der Waals surface area contributed by atoms with Crippen LogP contribution in [0.3, 0.4) is 0 Å². The van der Waals surface area contributed by atoms with Crippen LogP contribution in [0.4, 0.5) is 0 Å². The Hall–Kier alpha value is -0.540. The zero-order valence-electron chi connectivity index (χ0n) is 10.4. The van der Waals surface area contributed by atoms with Crippen molar-refractivity contribution in [3.63, 3.8) is 0 Å². The van der Waals surface area contributed by atoms with Crippen molar-refractivity contribution < 1.29 is 9.94 Å². The molecule has 3 nitrogen and oxygen atoms in total. The third kappa shape index (κ3) is 2.73. The van der Waals surface area contributed by atoms with Gasteiger partial charge in [0.25, 0.3) is 0 Å². The van der Waals surface area contributed by atoms with Crippen molar-refractivity contribution in [2.75, 3.05) is 0 Å². The van der Waals surface area contributed by atoms with Crippen molar-refractivity contribution in [2.24, 2.45) is 0 Å². The van der Waals surface area contributed by atoms with Crippen LogP contribution in [0.15, 0.2) is 12.3 Å². The summed E-state index contributed by atoms with van der Waals surface area (Å²) in [6.07, 6.45) is 5.51. The molecule has 1 aliphatic rings. The van der Waals surface area contributed by atoms with E-state index in [0.717, 1.165) is 12.8 Å².